The molecule has 7 nitrogen and oxygen atoms in total. The van der Waals surface area contributed by atoms with Gasteiger partial charge in [0.1, 0.15) is 11.8 Å². The number of hydrogen-bond donors (Lipinski definition) is 1. The summed E-state index contributed by atoms with van der Waals surface area (Å²) in [7, 11) is 0. The Morgan fingerprint density at radius 3 is 2.80 bits per heavy atom. The molecule has 7 heteroatoms. The number of benzene rings is 1. The third-order valence-corrected chi connectivity index (χ3v) is 4.75. The summed E-state index contributed by atoms with van der Waals surface area (Å²) in [6.07, 6.45) is 1.25. The number of aliphatic carboxylic acids is 1. The minimum absolute atomic E-state index is 0.0993. The highest BCUT2D eigenvalue weighted by molar-refractivity contribution is 6.01. The number of nitrogens with zero attached hydrogens (tertiary/aromatic N) is 2. The van der Waals surface area contributed by atoms with E-state index in [-0.39, 0.29) is 24.8 Å². The van der Waals surface area contributed by atoms with Gasteiger partial charge in [-0.15, -0.1) is 0 Å². The van der Waals surface area contributed by atoms with Gasteiger partial charge in [0.05, 0.1) is 18.2 Å². The lowest BCUT2D eigenvalue weighted by molar-refractivity contribution is -0.149. The molecule has 1 aromatic carbocycles. The van der Waals surface area contributed by atoms with Crippen molar-refractivity contribution < 1.29 is 24.2 Å². The molecule has 0 aromatic heterocycles. The molecule has 2 amide bonds. The number of carboxylic acids is 1. The molecule has 2 aliphatic heterocycles. The highest BCUT2D eigenvalue weighted by Crippen LogP contribution is 2.34. The zero-order valence-electron chi connectivity index (χ0n) is 14.2. The maximum Gasteiger partial charge on any atom is 0.326 e. The number of likely N-dealkylation sites (tertiary alicyclic amines) is 1. The third kappa shape index (κ3) is 3.31. The van der Waals surface area contributed by atoms with Crippen molar-refractivity contribution >= 4 is 23.5 Å². The molecule has 134 valence electrons. The van der Waals surface area contributed by atoms with Crippen molar-refractivity contribution in [2.45, 2.75) is 32.2 Å². The van der Waals surface area contributed by atoms with E-state index >= 15 is 0 Å². The first kappa shape index (κ1) is 17.3. The van der Waals surface area contributed by atoms with Crippen molar-refractivity contribution in [2.75, 3.05) is 24.6 Å². The van der Waals surface area contributed by atoms with Crippen molar-refractivity contribution in [1.29, 1.82) is 0 Å². The number of hydrogen-bond acceptors (Lipinski definition) is 4. The van der Waals surface area contributed by atoms with Crippen LogP contribution < -0.4 is 9.64 Å². The summed E-state index contributed by atoms with van der Waals surface area (Å²) in [5.74, 6) is -1.27. The van der Waals surface area contributed by atoms with Crippen molar-refractivity contribution in [1.82, 2.24) is 4.90 Å². The summed E-state index contributed by atoms with van der Waals surface area (Å²) < 4.78 is 5.57. The van der Waals surface area contributed by atoms with E-state index in [1.54, 1.807) is 17.0 Å². The van der Waals surface area contributed by atoms with E-state index in [9.17, 15) is 19.5 Å². The molecule has 2 fully saturated rings. The Hall–Kier alpha value is -2.57. The molecule has 0 bridgehead atoms. The van der Waals surface area contributed by atoms with E-state index in [1.165, 1.54) is 4.90 Å². The summed E-state index contributed by atoms with van der Waals surface area (Å²) in [6, 6.07) is 6.47. The van der Waals surface area contributed by atoms with Gasteiger partial charge in [-0.1, -0.05) is 12.1 Å². The van der Waals surface area contributed by atoms with Crippen LogP contribution in [0.15, 0.2) is 24.3 Å². The van der Waals surface area contributed by atoms with Gasteiger partial charge < -0.3 is 19.6 Å². The standard InChI is InChI=1S/C18H22N2O5/c1-2-25-15-8-4-3-6-13(15)20-11-12(10-16(20)21)17(22)19-9-5-7-14(19)18(23)24/h3-4,6,8,12,14H,2,5,7,9-11H2,1H3,(H,23,24)/t12?,14-/m0/s1. The van der Waals surface area contributed by atoms with Gasteiger partial charge in [0.2, 0.25) is 11.8 Å². The number of carboxylic acid groups (broad SMARTS) is 1. The smallest absolute Gasteiger partial charge is 0.326 e. The van der Waals surface area contributed by atoms with Crippen LogP contribution in [0.3, 0.4) is 0 Å². The molecule has 1 unspecified atom stereocenters. The number of rotatable bonds is 5. The summed E-state index contributed by atoms with van der Waals surface area (Å²) in [5, 5.41) is 9.27. The molecule has 0 radical (unpaired) electrons. The van der Waals surface area contributed by atoms with E-state index < -0.39 is 17.9 Å². The van der Waals surface area contributed by atoms with E-state index in [0.29, 0.717) is 37.4 Å². The maximum absolute atomic E-state index is 12.7. The average molecular weight is 346 g/mol. The van der Waals surface area contributed by atoms with Crippen LogP contribution >= 0.6 is 0 Å². The second kappa shape index (κ2) is 7.13. The second-order valence-corrected chi connectivity index (χ2v) is 6.33. The minimum Gasteiger partial charge on any atom is -0.492 e. The number of anilines is 1. The molecule has 2 saturated heterocycles. The van der Waals surface area contributed by atoms with E-state index in [2.05, 4.69) is 0 Å². The zero-order chi connectivity index (χ0) is 18.0. The van der Waals surface area contributed by atoms with Crippen molar-refractivity contribution in [3.63, 3.8) is 0 Å². The molecule has 3 rings (SSSR count). The highest BCUT2D eigenvalue weighted by Gasteiger charge is 2.42. The van der Waals surface area contributed by atoms with Crippen LogP contribution in [0, 0.1) is 5.92 Å². The van der Waals surface area contributed by atoms with E-state index in [4.69, 9.17) is 4.74 Å². The van der Waals surface area contributed by atoms with Crippen LogP contribution in [0.4, 0.5) is 5.69 Å². The zero-order valence-corrected chi connectivity index (χ0v) is 14.2. The highest BCUT2D eigenvalue weighted by atomic mass is 16.5. The predicted octanol–water partition coefficient (Wildman–Crippen LogP) is 1.51. The van der Waals surface area contributed by atoms with Gasteiger partial charge >= 0.3 is 5.97 Å². The van der Waals surface area contributed by atoms with Crippen molar-refractivity contribution in [3.05, 3.63) is 24.3 Å². The van der Waals surface area contributed by atoms with Gasteiger partial charge in [0.25, 0.3) is 0 Å². The molecule has 2 heterocycles. The van der Waals surface area contributed by atoms with Gasteiger partial charge in [-0.2, -0.15) is 0 Å². The van der Waals surface area contributed by atoms with Crippen molar-refractivity contribution in [2.24, 2.45) is 5.92 Å². The fourth-order valence-corrected chi connectivity index (χ4v) is 3.59. The molecule has 1 N–H and O–H groups in total. The monoisotopic (exact) mass is 346 g/mol. The molecule has 1 aromatic rings. The lowest BCUT2D eigenvalue weighted by Gasteiger charge is -2.25. The Labute approximate surface area is 146 Å². The molecule has 0 spiro atoms. The fourth-order valence-electron chi connectivity index (χ4n) is 3.59. The Bertz CT molecular complexity index is 690. The van der Waals surface area contributed by atoms with Gasteiger partial charge in [-0.3, -0.25) is 9.59 Å². The summed E-state index contributed by atoms with van der Waals surface area (Å²) >= 11 is 0. The minimum atomic E-state index is -0.978. The van der Waals surface area contributed by atoms with Crippen LogP contribution in [0.1, 0.15) is 26.2 Å². The number of ether oxygens (including phenoxy) is 1. The number of carbonyl (C=O) groups excluding carboxylic acids is 2. The Balaban J connectivity index is 1.77. The van der Waals surface area contributed by atoms with Crippen LogP contribution in [0.5, 0.6) is 5.75 Å². The van der Waals surface area contributed by atoms with Crippen LogP contribution in [-0.4, -0.2) is 53.5 Å². The topological polar surface area (TPSA) is 87.2 Å². The Kier molecular flexibility index (Phi) is 4.92. The van der Waals surface area contributed by atoms with Gasteiger partial charge in [0, 0.05) is 19.5 Å². The number of para-hydroxylation sites is 2. The lowest BCUT2D eigenvalue weighted by Crippen LogP contribution is -2.44. The third-order valence-electron chi connectivity index (χ3n) is 4.75. The largest absolute Gasteiger partial charge is 0.492 e. The number of carbonyl (C=O) groups is 3. The number of amides is 2. The molecule has 2 atom stereocenters. The average Bonchev–Trinajstić information content (AvgIpc) is 3.22. The first-order valence-corrected chi connectivity index (χ1v) is 8.58. The predicted molar refractivity (Wildman–Crippen MR) is 90.4 cm³/mol. The summed E-state index contributed by atoms with van der Waals surface area (Å²) in [4.78, 5) is 39.5. The SMILES string of the molecule is CCOc1ccccc1N1CC(C(=O)N2CCC[C@H]2C(=O)O)CC1=O. The molecule has 0 aliphatic carbocycles. The maximum atomic E-state index is 12.7. The molecular weight excluding hydrogens is 324 g/mol. The lowest BCUT2D eigenvalue weighted by atomic mass is 10.1. The fraction of sp³-hybridized carbons (Fsp3) is 0.500. The molecule has 2 aliphatic rings. The van der Waals surface area contributed by atoms with Gasteiger partial charge in [-0.25, -0.2) is 4.79 Å². The van der Waals surface area contributed by atoms with Crippen LogP contribution in [0.2, 0.25) is 0 Å². The second-order valence-electron chi connectivity index (χ2n) is 6.33. The van der Waals surface area contributed by atoms with E-state index in [1.807, 2.05) is 19.1 Å². The summed E-state index contributed by atoms with van der Waals surface area (Å²) in [6.45, 7) is 3.05. The Morgan fingerprint density at radius 1 is 1.32 bits per heavy atom. The van der Waals surface area contributed by atoms with Crippen LogP contribution in [-0.2, 0) is 14.4 Å². The normalized spacial score (nSPS) is 23.2. The van der Waals surface area contributed by atoms with Crippen molar-refractivity contribution in [3.8, 4) is 5.75 Å². The quantitative estimate of drug-likeness (QED) is 0.873. The summed E-state index contributed by atoms with van der Waals surface area (Å²) in [5.41, 5.74) is 0.654. The van der Waals surface area contributed by atoms with E-state index in [0.717, 1.165) is 0 Å². The Morgan fingerprint density at radius 2 is 2.08 bits per heavy atom. The van der Waals surface area contributed by atoms with Gasteiger partial charge in [0.15, 0.2) is 0 Å². The first-order valence-electron chi connectivity index (χ1n) is 8.58. The molecular formula is C18H22N2O5. The van der Waals surface area contributed by atoms with Gasteiger partial charge in [-0.05, 0) is 31.9 Å². The first-order chi connectivity index (χ1) is 12.0. The molecule has 25 heavy (non-hydrogen) atoms. The molecule has 0 saturated carbocycles. The van der Waals surface area contributed by atoms with Crippen LogP contribution in [0.25, 0.3) is 0 Å².